The lowest BCUT2D eigenvalue weighted by Gasteiger charge is -2.44. The van der Waals surface area contributed by atoms with Crippen LogP contribution in [0.5, 0.6) is 0 Å². The highest BCUT2D eigenvalue weighted by molar-refractivity contribution is 5.74. The van der Waals surface area contributed by atoms with Gasteiger partial charge in [0.1, 0.15) is 5.60 Å². The first-order chi connectivity index (χ1) is 11.4. The molecule has 0 spiro atoms. The molecule has 2 aliphatic rings. The molecule has 130 valence electrons. The summed E-state index contributed by atoms with van der Waals surface area (Å²) in [5.74, 6) is 0. The van der Waals surface area contributed by atoms with Gasteiger partial charge >= 0.3 is 6.09 Å². The van der Waals surface area contributed by atoms with Crippen molar-refractivity contribution in [2.24, 2.45) is 0 Å². The van der Waals surface area contributed by atoms with Crippen molar-refractivity contribution in [2.75, 3.05) is 13.2 Å². The minimum absolute atomic E-state index is 0.00359. The van der Waals surface area contributed by atoms with Crippen molar-refractivity contribution in [1.82, 2.24) is 4.90 Å². The summed E-state index contributed by atoms with van der Waals surface area (Å²) < 4.78 is 11.2. The largest absolute Gasteiger partial charge is 0.444 e. The van der Waals surface area contributed by atoms with Crippen LogP contribution in [0, 0.1) is 0 Å². The molecule has 2 aliphatic heterocycles. The van der Waals surface area contributed by atoms with E-state index in [2.05, 4.69) is 6.08 Å². The van der Waals surface area contributed by atoms with Crippen molar-refractivity contribution in [2.45, 2.75) is 51.5 Å². The van der Waals surface area contributed by atoms with E-state index in [0.29, 0.717) is 13.2 Å². The average molecular weight is 331 g/mol. The monoisotopic (exact) mass is 331 g/mol. The molecule has 1 aromatic carbocycles. The van der Waals surface area contributed by atoms with Crippen LogP contribution in [-0.4, -0.2) is 47.0 Å². The molecule has 5 heteroatoms. The molecule has 0 saturated carbocycles. The Morgan fingerprint density at radius 2 is 2.00 bits per heavy atom. The Hall–Kier alpha value is -1.85. The van der Waals surface area contributed by atoms with Gasteiger partial charge in [-0.2, -0.15) is 0 Å². The predicted octanol–water partition coefficient (Wildman–Crippen LogP) is 2.97. The molecule has 2 heterocycles. The van der Waals surface area contributed by atoms with Gasteiger partial charge in [0, 0.05) is 0 Å². The third-order valence-electron chi connectivity index (χ3n) is 4.31. The molecule has 1 fully saturated rings. The minimum atomic E-state index is -0.504. The molecule has 2 atom stereocenters. The number of nitrogens with zero attached hydrogens (tertiary/aromatic N) is 1. The normalized spacial score (nSPS) is 23.7. The van der Waals surface area contributed by atoms with Crippen LogP contribution in [-0.2, 0) is 16.1 Å². The van der Waals surface area contributed by atoms with Crippen molar-refractivity contribution < 1.29 is 19.4 Å². The molecule has 0 radical (unpaired) electrons. The lowest BCUT2D eigenvalue weighted by atomic mass is 9.90. The molecule has 2 unspecified atom stereocenters. The van der Waals surface area contributed by atoms with Gasteiger partial charge in [-0.1, -0.05) is 30.3 Å². The van der Waals surface area contributed by atoms with Crippen LogP contribution in [0.3, 0.4) is 0 Å². The molecule has 2 bridgehead atoms. The standard InChI is InChI=1S/C19H25NO4/c1-19(2,3)24-18(22)20-16-8-15(9-17(20)12-23-11-16)14-6-4-13(10-21)5-7-14/h4-8,16-17,21H,9-12H2,1-3H3. The zero-order chi connectivity index (χ0) is 17.3. The highest BCUT2D eigenvalue weighted by Crippen LogP contribution is 2.33. The summed E-state index contributed by atoms with van der Waals surface area (Å²) in [4.78, 5) is 14.4. The maximum absolute atomic E-state index is 12.5. The summed E-state index contributed by atoms with van der Waals surface area (Å²) >= 11 is 0. The molecule has 3 rings (SSSR count). The number of carbonyl (C=O) groups is 1. The van der Waals surface area contributed by atoms with Crippen LogP contribution in [0.25, 0.3) is 5.57 Å². The van der Waals surface area contributed by atoms with Gasteiger partial charge in [-0.25, -0.2) is 4.79 Å². The second-order valence-corrected chi connectivity index (χ2v) is 7.40. The summed E-state index contributed by atoms with van der Waals surface area (Å²) in [7, 11) is 0. The SMILES string of the molecule is CC(C)(C)OC(=O)N1C2C=C(c3ccc(CO)cc3)CC1COC2. The molecule has 1 aromatic rings. The summed E-state index contributed by atoms with van der Waals surface area (Å²) in [6.07, 6.45) is 2.58. The third-order valence-corrected chi connectivity index (χ3v) is 4.31. The molecule has 5 nitrogen and oxygen atoms in total. The molecule has 0 aromatic heterocycles. The van der Waals surface area contributed by atoms with Gasteiger partial charge in [-0.3, -0.25) is 4.90 Å². The summed E-state index contributed by atoms with van der Waals surface area (Å²) in [6.45, 7) is 6.71. The number of rotatable bonds is 2. The number of hydrogen-bond donors (Lipinski definition) is 1. The maximum Gasteiger partial charge on any atom is 0.411 e. The van der Waals surface area contributed by atoms with E-state index in [9.17, 15) is 4.79 Å². The molecule has 1 saturated heterocycles. The highest BCUT2D eigenvalue weighted by Gasteiger charge is 2.40. The number of aliphatic hydroxyl groups is 1. The van der Waals surface area contributed by atoms with Crippen LogP contribution in [0.15, 0.2) is 30.3 Å². The lowest BCUT2D eigenvalue weighted by molar-refractivity contribution is -0.0510. The number of carbonyl (C=O) groups excluding carboxylic acids is 1. The fourth-order valence-corrected chi connectivity index (χ4v) is 3.23. The van der Waals surface area contributed by atoms with Gasteiger partial charge in [0.15, 0.2) is 0 Å². The van der Waals surface area contributed by atoms with Crippen molar-refractivity contribution in [3.63, 3.8) is 0 Å². The first-order valence-electron chi connectivity index (χ1n) is 8.37. The minimum Gasteiger partial charge on any atom is -0.444 e. The van der Waals surface area contributed by atoms with E-state index in [1.54, 1.807) is 0 Å². The summed E-state index contributed by atoms with van der Waals surface area (Å²) in [5.41, 5.74) is 2.75. The van der Waals surface area contributed by atoms with Crippen LogP contribution in [0.2, 0.25) is 0 Å². The van der Waals surface area contributed by atoms with Gasteiger partial charge in [-0.05, 0) is 43.9 Å². The van der Waals surface area contributed by atoms with E-state index in [-0.39, 0.29) is 24.8 Å². The Balaban J connectivity index is 1.82. The topological polar surface area (TPSA) is 59.0 Å². The first kappa shape index (κ1) is 17.0. The molecule has 0 aliphatic carbocycles. The smallest absolute Gasteiger partial charge is 0.411 e. The molecular formula is C19H25NO4. The number of amides is 1. The number of morpholine rings is 1. The summed E-state index contributed by atoms with van der Waals surface area (Å²) in [6, 6.07) is 7.82. The Bertz CT molecular complexity index is 630. The van der Waals surface area contributed by atoms with E-state index < -0.39 is 5.60 Å². The predicted molar refractivity (Wildman–Crippen MR) is 91.4 cm³/mol. The van der Waals surface area contributed by atoms with Gasteiger partial charge in [-0.15, -0.1) is 0 Å². The number of ether oxygens (including phenoxy) is 2. The van der Waals surface area contributed by atoms with Crippen molar-refractivity contribution in [3.8, 4) is 0 Å². The van der Waals surface area contributed by atoms with Gasteiger partial charge < -0.3 is 14.6 Å². The Kier molecular flexibility index (Phi) is 4.65. The lowest BCUT2D eigenvalue weighted by Crippen LogP contribution is -2.57. The van der Waals surface area contributed by atoms with E-state index in [4.69, 9.17) is 14.6 Å². The second kappa shape index (κ2) is 6.57. The van der Waals surface area contributed by atoms with Crippen molar-refractivity contribution >= 4 is 11.7 Å². The van der Waals surface area contributed by atoms with E-state index in [1.165, 1.54) is 5.57 Å². The molecule has 1 N–H and O–H groups in total. The number of hydrogen-bond acceptors (Lipinski definition) is 4. The van der Waals surface area contributed by atoms with Crippen LogP contribution in [0.4, 0.5) is 4.79 Å². The van der Waals surface area contributed by atoms with Crippen molar-refractivity contribution in [1.29, 1.82) is 0 Å². The molecular weight excluding hydrogens is 306 g/mol. The Labute approximate surface area is 142 Å². The zero-order valence-electron chi connectivity index (χ0n) is 14.5. The van der Waals surface area contributed by atoms with E-state index >= 15 is 0 Å². The van der Waals surface area contributed by atoms with Crippen molar-refractivity contribution in [3.05, 3.63) is 41.5 Å². The fourth-order valence-electron chi connectivity index (χ4n) is 3.23. The highest BCUT2D eigenvalue weighted by atomic mass is 16.6. The number of fused-ring (bicyclic) bond motifs is 2. The second-order valence-electron chi connectivity index (χ2n) is 7.40. The van der Waals surface area contributed by atoms with Gasteiger partial charge in [0.2, 0.25) is 0 Å². The van der Waals surface area contributed by atoms with E-state index in [1.807, 2.05) is 49.9 Å². The Morgan fingerprint density at radius 1 is 1.29 bits per heavy atom. The third kappa shape index (κ3) is 3.62. The molecule has 24 heavy (non-hydrogen) atoms. The fraction of sp³-hybridized carbons (Fsp3) is 0.526. The summed E-state index contributed by atoms with van der Waals surface area (Å²) in [5, 5.41) is 9.17. The van der Waals surface area contributed by atoms with Crippen LogP contribution in [0.1, 0.15) is 38.3 Å². The average Bonchev–Trinajstić information content (AvgIpc) is 2.52. The maximum atomic E-state index is 12.5. The zero-order valence-corrected chi connectivity index (χ0v) is 14.5. The van der Waals surface area contributed by atoms with Gasteiger partial charge in [0.25, 0.3) is 0 Å². The first-order valence-corrected chi connectivity index (χ1v) is 8.37. The molecule has 1 amide bonds. The van der Waals surface area contributed by atoms with Crippen LogP contribution >= 0.6 is 0 Å². The van der Waals surface area contributed by atoms with E-state index in [0.717, 1.165) is 17.5 Å². The number of benzene rings is 1. The number of aliphatic hydroxyl groups excluding tert-OH is 1. The van der Waals surface area contributed by atoms with Crippen LogP contribution < -0.4 is 0 Å². The Morgan fingerprint density at radius 3 is 2.58 bits per heavy atom. The van der Waals surface area contributed by atoms with Gasteiger partial charge in [0.05, 0.1) is 31.9 Å². The quantitative estimate of drug-likeness (QED) is 0.905.